The van der Waals surface area contributed by atoms with Crippen LogP contribution in [0.25, 0.3) is 0 Å². The van der Waals surface area contributed by atoms with Gasteiger partial charge in [0.25, 0.3) is 10.1 Å². The molecule has 0 unspecified atom stereocenters. The van der Waals surface area contributed by atoms with Crippen LogP contribution in [0.5, 0.6) is 0 Å². The number of rotatable bonds is 11. The van der Waals surface area contributed by atoms with Crippen molar-refractivity contribution in [3.05, 3.63) is 35.9 Å². The van der Waals surface area contributed by atoms with Gasteiger partial charge in [0.2, 0.25) is 0 Å². The maximum absolute atomic E-state index is 10.4. The minimum atomic E-state index is -3.88. The van der Waals surface area contributed by atoms with E-state index < -0.39 is 10.1 Å². The van der Waals surface area contributed by atoms with E-state index >= 15 is 0 Å². The third-order valence-electron chi connectivity index (χ3n) is 3.65. The average molecular weight is 343 g/mol. The molecule has 0 spiro atoms. The largest absolute Gasteiger partial charge is 0.285 e. The smallest absolute Gasteiger partial charge is 0.269 e. The Labute approximate surface area is 143 Å². The number of unbranched alkanes of at least 4 members (excludes halogenated alkanes) is 9. The van der Waals surface area contributed by atoms with Crippen molar-refractivity contribution in [2.24, 2.45) is 0 Å². The highest BCUT2D eigenvalue weighted by Gasteiger charge is 2.04. The second-order valence-electron chi connectivity index (χ2n) is 6.04. The number of hydrogen-bond donors (Lipinski definition) is 1. The lowest BCUT2D eigenvalue weighted by Gasteiger charge is -1.99. The molecule has 4 heteroatoms. The van der Waals surface area contributed by atoms with E-state index in [1.54, 1.807) is 30.3 Å². The molecular weight excluding hydrogens is 308 g/mol. The lowest BCUT2D eigenvalue weighted by Crippen LogP contribution is -2.00. The topological polar surface area (TPSA) is 54.4 Å². The minimum absolute atomic E-state index is 0.312. The summed E-state index contributed by atoms with van der Waals surface area (Å²) in [5.74, 6) is -0.312. The lowest BCUT2D eigenvalue weighted by molar-refractivity contribution is 0.482. The SMILES string of the molecule is CCCCCCCCCCCC.O=S(=O)(O)Cc1ccccc1. The van der Waals surface area contributed by atoms with Crippen LogP contribution in [0.2, 0.25) is 0 Å². The summed E-state index contributed by atoms with van der Waals surface area (Å²) in [7, 11) is -3.88. The standard InChI is InChI=1S/C12H26.C7H8O3S/c1-3-5-7-9-11-12-10-8-6-4-2;8-11(9,10)6-7-4-2-1-3-5-7/h3-12H2,1-2H3;1-5H,6H2,(H,8,9,10). The van der Waals surface area contributed by atoms with Gasteiger partial charge < -0.3 is 0 Å². The molecule has 23 heavy (non-hydrogen) atoms. The van der Waals surface area contributed by atoms with Crippen molar-refractivity contribution in [1.29, 1.82) is 0 Å². The van der Waals surface area contributed by atoms with E-state index in [0.29, 0.717) is 5.56 Å². The van der Waals surface area contributed by atoms with Crippen LogP contribution in [-0.4, -0.2) is 13.0 Å². The molecule has 0 bridgehead atoms. The Kier molecular flexibility index (Phi) is 14.1. The van der Waals surface area contributed by atoms with E-state index in [1.165, 1.54) is 64.2 Å². The molecule has 1 N–H and O–H groups in total. The van der Waals surface area contributed by atoms with Gasteiger partial charge in [0.1, 0.15) is 5.75 Å². The Morgan fingerprint density at radius 2 is 1.13 bits per heavy atom. The second-order valence-corrected chi connectivity index (χ2v) is 7.49. The highest BCUT2D eigenvalue weighted by atomic mass is 32.2. The summed E-state index contributed by atoms with van der Waals surface area (Å²) in [6, 6.07) is 8.52. The summed E-state index contributed by atoms with van der Waals surface area (Å²) in [6.07, 6.45) is 14.4. The van der Waals surface area contributed by atoms with E-state index in [1.807, 2.05) is 0 Å². The highest BCUT2D eigenvalue weighted by Crippen LogP contribution is 2.09. The zero-order valence-corrected chi connectivity index (χ0v) is 15.7. The average Bonchev–Trinajstić information content (AvgIpc) is 2.50. The first-order valence-electron chi connectivity index (χ1n) is 8.98. The van der Waals surface area contributed by atoms with E-state index in [4.69, 9.17) is 4.55 Å². The van der Waals surface area contributed by atoms with Crippen LogP contribution in [0.1, 0.15) is 83.6 Å². The van der Waals surface area contributed by atoms with Gasteiger partial charge in [0.15, 0.2) is 0 Å². The molecule has 1 aromatic rings. The molecular formula is C19H34O3S. The Bertz CT molecular complexity index is 445. The highest BCUT2D eigenvalue weighted by molar-refractivity contribution is 7.85. The van der Waals surface area contributed by atoms with E-state index in [-0.39, 0.29) is 5.75 Å². The molecule has 3 nitrogen and oxygen atoms in total. The van der Waals surface area contributed by atoms with Crippen LogP contribution < -0.4 is 0 Å². The first kappa shape index (κ1) is 22.1. The quantitative estimate of drug-likeness (QED) is 0.396. The Morgan fingerprint density at radius 3 is 1.48 bits per heavy atom. The molecule has 0 fully saturated rings. The molecule has 0 aliphatic heterocycles. The van der Waals surface area contributed by atoms with Crippen LogP contribution in [0.3, 0.4) is 0 Å². The predicted octanol–water partition coefficient (Wildman–Crippen LogP) is 6.00. The zero-order valence-electron chi connectivity index (χ0n) is 14.8. The van der Waals surface area contributed by atoms with Gasteiger partial charge in [-0.1, -0.05) is 108 Å². The van der Waals surface area contributed by atoms with E-state index in [0.717, 1.165) is 0 Å². The maximum Gasteiger partial charge on any atom is 0.269 e. The molecule has 0 aliphatic rings. The lowest BCUT2D eigenvalue weighted by atomic mass is 10.1. The monoisotopic (exact) mass is 342 g/mol. The van der Waals surface area contributed by atoms with Crippen molar-refractivity contribution >= 4 is 10.1 Å². The molecule has 0 aliphatic carbocycles. The summed E-state index contributed by atoms with van der Waals surface area (Å²) in [6.45, 7) is 4.56. The van der Waals surface area contributed by atoms with Crippen molar-refractivity contribution in [2.45, 2.75) is 83.8 Å². The Hall–Kier alpha value is -0.870. The first-order chi connectivity index (χ1) is 11.0. The Balaban J connectivity index is 0.000000422. The fourth-order valence-corrected chi connectivity index (χ4v) is 2.96. The van der Waals surface area contributed by atoms with Gasteiger partial charge in [-0.3, -0.25) is 4.55 Å². The molecule has 0 amide bonds. The molecule has 1 aromatic carbocycles. The van der Waals surface area contributed by atoms with Gasteiger partial charge in [0.05, 0.1) is 0 Å². The second kappa shape index (κ2) is 14.7. The van der Waals surface area contributed by atoms with E-state index in [2.05, 4.69) is 13.8 Å². The zero-order chi connectivity index (χ0) is 17.4. The Morgan fingerprint density at radius 1 is 0.739 bits per heavy atom. The van der Waals surface area contributed by atoms with Gasteiger partial charge >= 0.3 is 0 Å². The van der Waals surface area contributed by atoms with Gasteiger partial charge in [-0.15, -0.1) is 0 Å². The molecule has 0 saturated heterocycles. The summed E-state index contributed by atoms with van der Waals surface area (Å²) >= 11 is 0. The van der Waals surface area contributed by atoms with Crippen LogP contribution in [0.15, 0.2) is 30.3 Å². The summed E-state index contributed by atoms with van der Waals surface area (Å²) in [5, 5.41) is 0. The van der Waals surface area contributed by atoms with Crippen molar-refractivity contribution in [2.75, 3.05) is 0 Å². The molecule has 1 rings (SSSR count). The third-order valence-corrected chi connectivity index (χ3v) is 4.35. The predicted molar refractivity (Wildman–Crippen MR) is 99.2 cm³/mol. The molecule has 0 saturated carbocycles. The van der Waals surface area contributed by atoms with Gasteiger partial charge in [-0.2, -0.15) is 8.42 Å². The van der Waals surface area contributed by atoms with E-state index in [9.17, 15) is 8.42 Å². The molecule has 134 valence electrons. The van der Waals surface area contributed by atoms with Crippen molar-refractivity contribution in [3.8, 4) is 0 Å². The van der Waals surface area contributed by atoms with Gasteiger partial charge in [-0.05, 0) is 5.56 Å². The summed E-state index contributed by atoms with van der Waals surface area (Å²) in [5.41, 5.74) is 0.593. The van der Waals surface area contributed by atoms with Crippen LogP contribution in [0, 0.1) is 0 Å². The van der Waals surface area contributed by atoms with Crippen LogP contribution >= 0.6 is 0 Å². The van der Waals surface area contributed by atoms with Gasteiger partial charge in [0, 0.05) is 0 Å². The molecule has 0 heterocycles. The molecule has 0 radical (unpaired) electrons. The number of benzene rings is 1. The molecule has 0 aromatic heterocycles. The summed E-state index contributed by atoms with van der Waals surface area (Å²) in [4.78, 5) is 0. The third kappa shape index (κ3) is 17.3. The summed E-state index contributed by atoms with van der Waals surface area (Å²) < 4.78 is 29.2. The van der Waals surface area contributed by atoms with Crippen molar-refractivity contribution < 1.29 is 13.0 Å². The van der Waals surface area contributed by atoms with Crippen LogP contribution in [-0.2, 0) is 15.9 Å². The van der Waals surface area contributed by atoms with Gasteiger partial charge in [-0.25, -0.2) is 0 Å². The van der Waals surface area contributed by atoms with Crippen molar-refractivity contribution in [1.82, 2.24) is 0 Å². The minimum Gasteiger partial charge on any atom is -0.285 e. The normalized spacial score (nSPS) is 10.9. The molecule has 0 atom stereocenters. The fourth-order valence-electron chi connectivity index (χ4n) is 2.35. The fraction of sp³-hybridized carbons (Fsp3) is 0.684. The van der Waals surface area contributed by atoms with Crippen LogP contribution in [0.4, 0.5) is 0 Å². The maximum atomic E-state index is 10.4. The number of hydrogen-bond acceptors (Lipinski definition) is 2. The first-order valence-corrected chi connectivity index (χ1v) is 10.6. The van der Waals surface area contributed by atoms with Crippen molar-refractivity contribution in [3.63, 3.8) is 0 Å².